The molecular formula is C13H15ClN2O4S. The first-order chi connectivity index (χ1) is 9.44. The summed E-state index contributed by atoms with van der Waals surface area (Å²) in [5.74, 6) is -1.31. The average molecular weight is 331 g/mol. The van der Waals surface area contributed by atoms with Crippen LogP contribution in [0.15, 0.2) is 47.4 Å². The van der Waals surface area contributed by atoms with E-state index in [2.05, 4.69) is 4.72 Å². The Labute approximate surface area is 128 Å². The summed E-state index contributed by atoms with van der Waals surface area (Å²) in [6.07, 6.45) is 0. The van der Waals surface area contributed by atoms with E-state index in [9.17, 15) is 13.2 Å². The van der Waals surface area contributed by atoms with Crippen molar-refractivity contribution < 1.29 is 18.3 Å². The molecule has 0 aliphatic heterocycles. The highest BCUT2D eigenvalue weighted by atomic mass is 35.5. The van der Waals surface area contributed by atoms with Gasteiger partial charge in [0.2, 0.25) is 10.0 Å². The van der Waals surface area contributed by atoms with E-state index < -0.39 is 22.0 Å². The van der Waals surface area contributed by atoms with E-state index in [1.807, 2.05) is 12.1 Å². The monoisotopic (exact) mass is 330 g/mol. The van der Waals surface area contributed by atoms with Crippen molar-refractivity contribution in [1.29, 1.82) is 0 Å². The van der Waals surface area contributed by atoms with Gasteiger partial charge in [-0.05, 0) is 22.9 Å². The Morgan fingerprint density at radius 1 is 1.19 bits per heavy atom. The normalized spacial score (nSPS) is 12.6. The van der Waals surface area contributed by atoms with Crippen LogP contribution in [0, 0.1) is 0 Å². The zero-order valence-electron chi connectivity index (χ0n) is 10.9. The molecule has 0 aliphatic rings. The summed E-state index contributed by atoms with van der Waals surface area (Å²) in [5, 5.41) is 10.5. The Morgan fingerprint density at radius 2 is 1.81 bits per heavy atom. The van der Waals surface area contributed by atoms with Gasteiger partial charge in [-0.25, -0.2) is 8.42 Å². The van der Waals surface area contributed by atoms with Crippen LogP contribution in [0.3, 0.4) is 0 Å². The molecule has 1 atom stereocenters. The third-order valence-electron chi connectivity index (χ3n) is 2.86. The highest BCUT2D eigenvalue weighted by Crippen LogP contribution is 2.18. The topological polar surface area (TPSA) is 109 Å². The first kappa shape index (κ1) is 17.4. The predicted octanol–water partition coefficient (Wildman–Crippen LogP) is 0.952. The number of carboxylic acids is 1. The van der Waals surface area contributed by atoms with Gasteiger partial charge in [-0.1, -0.05) is 30.3 Å². The molecule has 8 heteroatoms. The predicted molar refractivity (Wildman–Crippen MR) is 82.0 cm³/mol. The molecule has 0 aromatic heterocycles. The Hall–Kier alpha value is -1.67. The summed E-state index contributed by atoms with van der Waals surface area (Å²) in [7, 11) is -3.92. The minimum absolute atomic E-state index is 0. The number of rotatable bonds is 5. The van der Waals surface area contributed by atoms with Gasteiger partial charge >= 0.3 is 5.97 Å². The molecule has 4 N–H and O–H groups in total. The molecule has 0 bridgehead atoms. The molecule has 0 saturated carbocycles. The van der Waals surface area contributed by atoms with Crippen LogP contribution < -0.4 is 10.5 Å². The van der Waals surface area contributed by atoms with Crippen molar-refractivity contribution in [2.45, 2.75) is 10.9 Å². The Bertz CT molecular complexity index is 749. The van der Waals surface area contributed by atoms with E-state index in [4.69, 9.17) is 10.8 Å². The number of aliphatic carboxylic acids is 1. The number of halogens is 1. The summed E-state index contributed by atoms with van der Waals surface area (Å²) in [6.45, 7) is -0.317. The van der Waals surface area contributed by atoms with Gasteiger partial charge in [0.25, 0.3) is 0 Å². The van der Waals surface area contributed by atoms with Gasteiger partial charge in [0.1, 0.15) is 6.04 Å². The first-order valence-corrected chi connectivity index (χ1v) is 7.36. The summed E-state index contributed by atoms with van der Waals surface area (Å²) < 4.78 is 26.3. The fourth-order valence-electron chi connectivity index (χ4n) is 1.79. The number of sulfonamides is 1. The molecule has 6 nitrogen and oxygen atoms in total. The lowest BCUT2D eigenvalue weighted by molar-refractivity contribution is -0.138. The molecule has 0 saturated heterocycles. The summed E-state index contributed by atoms with van der Waals surface area (Å²) in [6, 6.07) is 10.5. The quantitative estimate of drug-likeness (QED) is 0.756. The molecule has 0 aliphatic carbocycles. The molecule has 21 heavy (non-hydrogen) atoms. The van der Waals surface area contributed by atoms with Crippen molar-refractivity contribution in [2.24, 2.45) is 5.73 Å². The number of carboxylic acid groups (broad SMARTS) is 1. The number of fused-ring (bicyclic) bond motifs is 1. The number of benzene rings is 2. The largest absolute Gasteiger partial charge is 0.480 e. The first-order valence-electron chi connectivity index (χ1n) is 5.88. The second-order valence-corrected chi connectivity index (χ2v) is 5.97. The standard InChI is InChI=1S/C13H14N2O4S.ClH/c14-8-12(13(16)17)15-20(18,19)11-6-5-9-3-1-2-4-10(9)7-11;/h1-7,12,15H,8,14H2,(H,16,17);1H/t12-;/m0./s1. The maximum atomic E-state index is 12.1. The van der Waals surface area contributed by atoms with Gasteiger partial charge in [-0.15, -0.1) is 12.4 Å². The van der Waals surface area contributed by atoms with Gasteiger partial charge < -0.3 is 10.8 Å². The van der Waals surface area contributed by atoms with E-state index in [-0.39, 0.29) is 23.8 Å². The zero-order valence-corrected chi connectivity index (χ0v) is 12.5. The highest BCUT2D eigenvalue weighted by molar-refractivity contribution is 7.89. The van der Waals surface area contributed by atoms with Crippen molar-refractivity contribution in [3.8, 4) is 0 Å². The fraction of sp³-hybridized carbons (Fsp3) is 0.154. The molecule has 0 unspecified atom stereocenters. The minimum atomic E-state index is -3.92. The van der Waals surface area contributed by atoms with Crippen molar-refractivity contribution in [1.82, 2.24) is 4.72 Å². The van der Waals surface area contributed by atoms with Crippen LogP contribution in [-0.2, 0) is 14.8 Å². The fourth-order valence-corrected chi connectivity index (χ4v) is 3.03. The van der Waals surface area contributed by atoms with Crippen LogP contribution in [0.1, 0.15) is 0 Å². The van der Waals surface area contributed by atoms with Crippen LogP contribution in [-0.4, -0.2) is 32.1 Å². The molecular weight excluding hydrogens is 316 g/mol. The summed E-state index contributed by atoms with van der Waals surface area (Å²) in [4.78, 5) is 10.9. The third kappa shape index (κ3) is 3.92. The van der Waals surface area contributed by atoms with Crippen molar-refractivity contribution in [3.63, 3.8) is 0 Å². The number of hydrogen-bond acceptors (Lipinski definition) is 4. The van der Waals surface area contributed by atoms with E-state index in [0.717, 1.165) is 10.8 Å². The van der Waals surface area contributed by atoms with Crippen molar-refractivity contribution in [3.05, 3.63) is 42.5 Å². The molecule has 0 amide bonds. The van der Waals surface area contributed by atoms with Gasteiger partial charge in [0.05, 0.1) is 4.90 Å². The number of nitrogens with one attached hydrogen (secondary N) is 1. The van der Waals surface area contributed by atoms with Gasteiger partial charge in [-0.3, -0.25) is 4.79 Å². The van der Waals surface area contributed by atoms with Crippen molar-refractivity contribution >= 4 is 39.2 Å². The second-order valence-electron chi connectivity index (χ2n) is 4.26. The molecule has 114 valence electrons. The molecule has 0 heterocycles. The van der Waals surface area contributed by atoms with E-state index in [1.165, 1.54) is 12.1 Å². The van der Waals surface area contributed by atoms with Crippen molar-refractivity contribution in [2.75, 3.05) is 6.54 Å². The number of hydrogen-bond donors (Lipinski definition) is 3. The molecule has 2 rings (SSSR count). The van der Waals surface area contributed by atoms with Gasteiger partial charge in [-0.2, -0.15) is 4.72 Å². The average Bonchev–Trinajstić information content (AvgIpc) is 2.44. The van der Waals surface area contributed by atoms with Crippen LogP contribution >= 0.6 is 12.4 Å². The van der Waals surface area contributed by atoms with E-state index in [1.54, 1.807) is 18.2 Å². The number of nitrogens with two attached hydrogens (primary N) is 1. The number of carbonyl (C=O) groups is 1. The molecule has 0 fully saturated rings. The van der Waals surface area contributed by atoms with E-state index in [0.29, 0.717) is 0 Å². The molecule has 0 spiro atoms. The SMILES string of the molecule is Cl.NC[C@H](NS(=O)(=O)c1ccc2ccccc2c1)C(=O)O. The summed E-state index contributed by atoms with van der Waals surface area (Å²) in [5.41, 5.74) is 5.24. The van der Waals surface area contributed by atoms with E-state index >= 15 is 0 Å². The van der Waals surface area contributed by atoms with Gasteiger partial charge in [0, 0.05) is 6.54 Å². The maximum absolute atomic E-state index is 12.1. The summed E-state index contributed by atoms with van der Waals surface area (Å²) >= 11 is 0. The third-order valence-corrected chi connectivity index (χ3v) is 4.33. The Balaban J connectivity index is 0.00000220. The minimum Gasteiger partial charge on any atom is -0.480 e. The Morgan fingerprint density at radius 3 is 2.38 bits per heavy atom. The molecule has 2 aromatic rings. The molecule has 2 aromatic carbocycles. The Kier molecular flexibility index (Phi) is 5.68. The van der Waals surface area contributed by atoms with Crippen LogP contribution in [0.4, 0.5) is 0 Å². The van der Waals surface area contributed by atoms with Crippen LogP contribution in [0.25, 0.3) is 10.8 Å². The lowest BCUT2D eigenvalue weighted by Gasteiger charge is -2.13. The maximum Gasteiger partial charge on any atom is 0.323 e. The highest BCUT2D eigenvalue weighted by Gasteiger charge is 2.24. The second kappa shape index (κ2) is 6.86. The lowest BCUT2D eigenvalue weighted by atomic mass is 10.1. The molecule has 0 radical (unpaired) electrons. The van der Waals surface area contributed by atoms with Gasteiger partial charge in [0.15, 0.2) is 0 Å². The smallest absolute Gasteiger partial charge is 0.323 e. The zero-order chi connectivity index (χ0) is 14.8. The van der Waals surface area contributed by atoms with Crippen LogP contribution in [0.5, 0.6) is 0 Å². The lowest BCUT2D eigenvalue weighted by Crippen LogP contribution is -2.45. The van der Waals surface area contributed by atoms with Crippen LogP contribution in [0.2, 0.25) is 0 Å².